The minimum Gasteiger partial charge on any atom is -0.475 e. The van der Waals surface area contributed by atoms with E-state index in [0.717, 1.165) is 29.1 Å². The number of aliphatic carboxylic acids is 1. The second-order valence-electron chi connectivity index (χ2n) is 6.99. The van der Waals surface area contributed by atoms with E-state index >= 15 is 0 Å². The SMILES string of the molecule is CNC(=O)c1ccc(Nc2nc(NCC(C)C)c3cc[nH]c3n2)cc1.O=C(O)C(F)(F)F. The zero-order chi connectivity index (χ0) is 23.9. The Hall–Kier alpha value is -3.83. The Morgan fingerprint density at radius 1 is 1.12 bits per heavy atom. The second-order valence-corrected chi connectivity index (χ2v) is 6.99. The molecule has 0 radical (unpaired) electrons. The van der Waals surface area contributed by atoms with Crippen LogP contribution in [0.3, 0.4) is 0 Å². The van der Waals surface area contributed by atoms with E-state index in [1.807, 2.05) is 24.4 Å². The van der Waals surface area contributed by atoms with Gasteiger partial charge in [0.15, 0.2) is 0 Å². The first kappa shape index (κ1) is 24.4. The number of carboxylic acids is 1. The van der Waals surface area contributed by atoms with Crippen LogP contribution in [0.25, 0.3) is 11.0 Å². The molecule has 0 unspecified atom stereocenters. The summed E-state index contributed by atoms with van der Waals surface area (Å²) in [5.41, 5.74) is 2.19. The Bertz CT molecular complexity index is 1060. The summed E-state index contributed by atoms with van der Waals surface area (Å²) in [4.78, 5) is 32.7. The molecule has 0 saturated carbocycles. The number of amides is 1. The molecule has 1 amide bonds. The first-order valence-corrected chi connectivity index (χ1v) is 9.49. The van der Waals surface area contributed by atoms with E-state index in [9.17, 15) is 18.0 Å². The molecule has 0 atom stereocenters. The molecule has 3 aromatic rings. The van der Waals surface area contributed by atoms with E-state index in [1.165, 1.54) is 0 Å². The topological polar surface area (TPSA) is 132 Å². The maximum absolute atomic E-state index is 11.6. The number of H-pyrrole nitrogens is 1. The van der Waals surface area contributed by atoms with Crippen LogP contribution in [0.5, 0.6) is 0 Å². The first-order chi connectivity index (χ1) is 15.0. The largest absolute Gasteiger partial charge is 0.490 e. The third-order valence-electron chi connectivity index (χ3n) is 3.97. The Labute approximate surface area is 181 Å². The molecule has 9 nitrogen and oxygen atoms in total. The van der Waals surface area contributed by atoms with Crippen LogP contribution >= 0.6 is 0 Å². The van der Waals surface area contributed by atoms with Gasteiger partial charge in [0.1, 0.15) is 11.5 Å². The number of aromatic amines is 1. The summed E-state index contributed by atoms with van der Waals surface area (Å²) in [5, 5.41) is 17.2. The van der Waals surface area contributed by atoms with Crippen LogP contribution in [-0.2, 0) is 4.79 Å². The van der Waals surface area contributed by atoms with Crippen molar-refractivity contribution in [2.45, 2.75) is 20.0 Å². The molecule has 2 aromatic heterocycles. The van der Waals surface area contributed by atoms with Crippen LogP contribution in [0.4, 0.5) is 30.6 Å². The number of fused-ring (bicyclic) bond motifs is 1. The Kier molecular flexibility index (Phi) is 7.99. The average molecular weight is 452 g/mol. The molecule has 12 heteroatoms. The standard InChI is InChI=1S/C18H22N6O.C2HF3O2/c1-11(2)10-21-16-14-8-9-20-15(14)23-18(24-16)22-13-6-4-12(5-7-13)17(25)19-3;3-2(4,5)1(6)7/h4-9,11H,10H2,1-3H3,(H,19,25)(H3,20,21,22,23,24);(H,6,7). The highest BCUT2D eigenvalue weighted by Gasteiger charge is 2.38. The summed E-state index contributed by atoms with van der Waals surface area (Å²) >= 11 is 0. The van der Waals surface area contributed by atoms with Gasteiger partial charge in [-0.25, -0.2) is 4.79 Å². The van der Waals surface area contributed by atoms with E-state index < -0.39 is 12.1 Å². The van der Waals surface area contributed by atoms with Crippen molar-refractivity contribution in [1.29, 1.82) is 0 Å². The lowest BCUT2D eigenvalue weighted by Crippen LogP contribution is -2.21. The van der Waals surface area contributed by atoms with Crippen molar-refractivity contribution in [2.24, 2.45) is 5.92 Å². The van der Waals surface area contributed by atoms with Crippen LogP contribution in [-0.4, -0.2) is 51.7 Å². The number of anilines is 3. The van der Waals surface area contributed by atoms with Gasteiger partial charge in [0.25, 0.3) is 5.91 Å². The van der Waals surface area contributed by atoms with E-state index in [2.05, 4.69) is 44.7 Å². The monoisotopic (exact) mass is 452 g/mol. The number of nitrogens with one attached hydrogen (secondary N) is 4. The summed E-state index contributed by atoms with van der Waals surface area (Å²) in [7, 11) is 1.61. The molecule has 5 N–H and O–H groups in total. The molecular formula is C20H23F3N6O3. The Morgan fingerprint density at radius 2 is 1.75 bits per heavy atom. The lowest BCUT2D eigenvalue weighted by atomic mass is 10.2. The lowest BCUT2D eigenvalue weighted by Gasteiger charge is -2.11. The molecule has 1 aromatic carbocycles. The van der Waals surface area contributed by atoms with Gasteiger partial charge in [0, 0.05) is 31.0 Å². The van der Waals surface area contributed by atoms with Crippen molar-refractivity contribution in [3.8, 4) is 0 Å². The maximum atomic E-state index is 11.6. The highest BCUT2D eigenvalue weighted by Crippen LogP contribution is 2.23. The number of nitrogens with zero attached hydrogens (tertiary/aromatic N) is 2. The number of carbonyl (C=O) groups is 2. The lowest BCUT2D eigenvalue weighted by molar-refractivity contribution is -0.192. The number of aromatic nitrogens is 3. The summed E-state index contributed by atoms with van der Waals surface area (Å²) in [5.74, 6) is -1.07. The number of halogens is 3. The Morgan fingerprint density at radius 3 is 2.28 bits per heavy atom. The predicted octanol–water partition coefficient (Wildman–Crippen LogP) is 3.76. The first-order valence-electron chi connectivity index (χ1n) is 9.49. The summed E-state index contributed by atoms with van der Waals surface area (Å²) in [6.07, 6.45) is -3.23. The van der Waals surface area contributed by atoms with Gasteiger partial charge in [-0.2, -0.15) is 23.1 Å². The van der Waals surface area contributed by atoms with Crippen molar-refractivity contribution < 1.29 is 27.9 Å². The molecule has 0 fully saturated rings. The van der Waals surface area contributed by atoms with E-state index in [4.69, 9.17) is 9.90 Å². The summed E-state index contributed by atoms with van der Waals surface area (Å²) < 4.78 is 31.7. The number of carboxylic acid groups (broad SMARTS) is 1. The molecule has 0 spiro atoms. The van der Waals surface area contributed by atoms with Crippen molar-refractivity contribution in [3.05, 3.63) is 42.1 Å². The Balaban J connectivity index is 0.000000451. The van der Waals surface area contributed by atoms with Crippen LogP contribution in [0.2, 0.25) is 0 Å². The van der Waals surface area contributed by atoms with E-state index in [0.29, 0.717) is 17.4 Å². The molecule has 0 aliphatic rings. The molecule has 0 saturated heterocycles. The van der Waals surface area contributed by atoms with Crippen molar-refractivity contribution in [3.63, 3.8) is 0 Å². The number of carbonyl (C=O) groups excluding carboxylic acids is 1. The predicted molar refractivity (Wildman–Crippen MR) is 114 cm³/mol. The zero-order valence-corrected chi connectivity index (χ0v) is 17.5. The molecule has 172 valence electrons. The van der Waals surface area contributed by atoms with Gasteiger partial charge in [0.05, 0.1) is 5.39 Å². The van der Waals surface area contributed by atoms with Crippen molar-refractivity contribution >= 4 is 40.4 Å². The number of hydrogen-bond acceptors (Lipinski definition) is 6. The molecular weight excluding hydrogens is 429 g/mol. The molecule has 0 bridgehead atoms. The van der Waals surface area contributed by atoms with Gasteiger partial charge in [-0.15, -0.1) is 0 Å². The maximum Gasteiger partial charge on any atom is 0.490 e. The fourth-order valence-electron chi connectivity index (χ4n) is 2.41. The number of hydrogen-bond donors (Lipinski definition) is 5. The highest BCUT2D eigenvalue weighted by atomic mass is 19.4. The summed E-state index contributed by atoms with van der Waals surface area (Å²) in [6.45, 7) is 5.13. The highest BCUT2D eigenvalue weighted by molar-refractivity contribution is 5.94. The molecule has 0 aliphatic carbocycles. The van der Waals surface area contributed by atoms with Gasteiger partial charge < -0.3 is 26.0 Å². The van der Waals surface area contributed by atoms with E-state index in [1.54, 1.807) is 19.2 Å². The minimum atomic E-state index is -5.08. The third-order valence-corrected chi connectivity index (χ3v) is 3.97. The van der Waals surface area contributed by atoms with Gasteiger partial charge in [-0.3, -0.25) is 4.79 Å². The number of benzene rings is 1. The fourth-order valence-corrected chi connectivity index (χ4v) is 2.41. The molecule has 32 heavy (non-hydrogen) atoms. The van der Waals surface area contributed by atoms with Crippen molar-refractivity contribution in [1.82, 2.24) is 20.3 Å². The quantitative estimate of drug-likeness (QED) is 0.385. The second kappa shape index (κ2) is 10.5. The van der Waals surface area contributed by atoms with E-state index in [-0.39, 0.29) is 5.91 Å². The van der Waals surface area contributed by atoms with Gasteiger partial charge in [-0.05, 0) is 36.2 Å². The van der Waals surface area contributed by atoms with Crippen LogP contribution in [0, 0.1) is 5.92 Å². The fraction of sp³-hybridized carbons (Fsp3) is 0.300. The van der Waals surface area contributed by atoms with Gasteiger partial charge in [0.2, 0.25) is 5.95 Å². The summed E-state index contributed by atoms with van der Waals surface area (Å²) in [6, 6.07) is 9.13. The minimum absolute atomic E-state index is 0.115. The molecule has 2 heterocycles. The van der Waals surface area contributed by atoms with Crippen molar-refractivity contribution in [2.75, 3.05) is 24.2 Å². The van der Waals surface area contributed by atoms with Gasteiger partial charge in [-0.1, -0.05) is 13.8 Å². The molecule has 3 rings (SSSR count). The number of rotatable bonds is 6. The smallest absolute Gasteiger partial charge is 0.475 e. The van der Waals surface area contributed by atoms with Gasteiger partial charge >= 0.3 is 12.1 Å². The zero-order valence-electron chi connectivity index (χ0n) is 17.5. The van der Waals surface area contributed by atoms with Crippen LogP contribution < -0.4 is 16.0 Å². The van der Waals surface area contributed by atoms with Crippen LogP contribution in [0.15, 0.2) is 36.5 Å². The third kappa shape index (κ3) is 6.86. The number of alkyl halides is 3. The van der Waals surface area contributed by atoms with Crippen LogP contribution in [0.1, 0.15) is 24.2 Å². The molecule has 0 aliphatic heterocycles. The average Bonchev–Trinajstić information content (AvgIpc) is 3.20. The normalized spacial score (nSPS) is 11.0.